The fraction of sp³-hybridized carbons (Fsp3) is 0.533. The number of hydrogen-bond donors (Lipinski definition) is 1. The van der Waals surface area contributed by atoms with Gasteiger partial charge in [-0.25, -0.2) is 9.18 Å². The Hall–Kier alpha value is -1.58. The SMILES string of the molecule is COC(=O)c1ccc(F)c(NC2CC3CCC2C3)c1. The van der Waals surface area contributed by atoms with E-state index in [1.807, 2.05) is 0 Å². The lowest BCUT2D eigenvalue weighted by atomic mass is 9.95. The van der Waals surface area contributed by atoms with E-state index in [1.165, 1.54) is 38.5 Å². The molecule has 0 aliphatic heterocycles. The molecule has 3 unspecified atom stereocenters. The molecule has 3 rings (SSSR count). The van der Waals surface area contributed by atoms with Crippen molar-refractivity contribution in [3.63, 3.8) is 0 Å². The Kier molecular flexibility index (Phi) is 3.17. The second-order valence-corrected chi connectivity index (χ2v) is 5.61. The van der Waals surface area contributed by atoms with Crippen molar-refractivity contribution in [3.05, 3.63) is 29.6 Å². The van der Waals surface area contributed by atoms with Crippen LogP contribution in [0.15, 0.2) is 18.2 Å². The van der Waals surface area contributed by atoms with E-state index in [-0.39, 0.29) is 5.82 Å². The lowest BCUT2D eigenvalue weighted by Crippen LogP contribution is -2.26. The lowest BCUT2D eigenvalue weighted by Gasteiger charge is -2.24. The summed E-state index contributed by atoms with van der Waals surface area (Å²) in [5, 5.41) is 3.28. The summed E-state index contributed by atoms with van der Waals surface area (Å²) in [6.07, 6.45) is 4.93. The summed E-state index contributed by atoms with van der Waals surface area (Å²) in [7, 11) is 1.33. The molecule has 0 aromatic heterocycles. The van der Waals surface area contributed by atoms with Crippen molar-refractivity contribution >= 4 is 11.7 Å². The van der Waals surface area contributed by atoms with Crippen molar-refractivity contribution in [2.45, 2.75) is 31.7 Å². The van der Waals surface area contributed by atoms with E-state index >= 15 is 0 Å². The number of nitrogens with one attached hydrogen (secondary N) is 1. The maximum absolute atomic E-state index is 13.8. The van der Waals surface area contributed by atoms with Crippen molar-refractivity contribution in [3.8, 4) is 0 Å². The smallest absolute Gasteiger partial charge is 0.337 e. The maximum atomic E-state index is 13.8. The molecule has 2 fully saturated rings. The number of halogens is 1. The normalized spacial score (nSPS) is 28.4. The molecule has 0 radical (unpaired) electrons. The number of methoxy groups -OCH3 is 1. The molecular weight excluding hydrogens is 245 g/mol. The zero-order valence-corrected chi connectivity index (χ0v) is 11.0. The van der Waals surface area contributed by atoms with Crippen LogP contribution < -0.4 is 5.32 Å². The van der Waals surface area contributed by atoms with Crippen LogP contribution in [0.25, 0.3) is 0 Å². The fourth-order valence-electron chi connectivity index (χ4n) is 3.50. The van der Waals surface area contributed by atoms with E-state index in [2.05, 4.69) is 10.1 Å². The second kappa shape index (κ2) is 4.83. The van der Waals surface area contributed by atoms with Gasteiger partial charge in [0.25, 0.3) is 0 Å². The minimum absolute atomic E-state index is 0.310. The summed E-state index contributed by atoms with van der Waals surface area (Å²) in [4.78, 5) is 11.5. The summed E-state index contributed by atoms with van der Waals surface area (Å²) in [5.74, 6) is 0.715. The first kappa shape index (κ1) is 12.5. The minimum atomic E-state index is -0.434. The highest BCUT2D eigenvalue weighted by Gasteiger charge is 2.39. The molecule has 2 aliphatic carbocycles. The molecule has 2 saturated carbocycles. The predicted octanol–water partition coefficient (Wildman–Crippen LogP) is 3.21. The van der Waals surface area contributed by atoms with Gasteiger partial charge in [0.1, 0.15) is 5.82 Å². The number of hydrogen-bond acceptors (Lipinski definition) is 3. The van der Waals surface area contributed by atoms with Gasteiger partial charge in [-0.15, -0.1) is 0 Å². The van der Waals surface area contributed by atoms with Crippen molar-refractivity contribution in [2.24, 2.45) is 11.8 Å². The maximum Gasteiger partial charge on any atom is 0.337 e. The highest BCUT2D eigenvalue weighted by atomic mass is 19.1. The van der Waals surface area contributed by atoms with Gasteiger partial charge in [0, 0.05) is 6.04 Å². The van der Waals surface area contributed by atoms with Crippen molar-refractivity contribution in [1.82, 2.24) is 0 Å². The third kappa shape index (κ3) is 2.31. The van der Waals surface area contributed by atoms with Gasteiger partial charge in [-0.3, -0.25) is 0 Å². The molecule has 2 bridgehead atoms. The zero-order valence-electron chi connectivity index (χ0n) is 11.0. The lowest BCUT2D eigenvalue weighted by molar-refractivity contribution is 0.0600. The van der Waals surface area contributed by atoms with Crippen LogP contribution in [0.1, 0.15) is 36.0 Å². The average Bonchev–Trinajstić information content (AvgIpc) is 3.02. The quantitative estimate of drug-likeness (QED) is 0.851. The largest absolute Gasteiger partial charge is 0.465 e. The van der Waals surface area contributed by atoms with Crippen LogP contribution in [0.2, 0.25) is 0 Å². The van der Waals surface area contributed by atoms with Crippen LogP contribution in [-0.4, -0.2) is 19.1 Å². The van der Waals surface area contributed by atoms with Gasteiger partial charge in [-0.2, -0.15) is 0 Å². The van der Waals surface area contributed by atoms with E-state index in [9.17, 15) is 9.18 Å². The van der Waals surface area contributed by atoms with Crippen molar-refractivity contribution in [2.75, 3.05) is 12.4 Å². The Morgan fingerprint density at radius 3 is 2.84 bits per heavy atom. The van der Waals surface area contributed by atoms with E-state index in [4.69, 9.17) is 0 Å². The molecule has 1 aromatic carbocycles. The predicted molar refractivity (Wildman–Crippen MR) is 70.6 cm³/mol. The van der Waals surface area contributed by atoms with E-state index < -0.39 is 5.97 Å². The summed E-state index contributed by atoms with van der Waals surface area (Å²) >= 11 is 0. The van der Waals surface area contributed by atoms with Crippen LogP contribution in [-0.2, 0) is 4.74 Å². The molecule has 0 heterocycles. The molecule has 0 amide bonds. The number of ether oxygens (including phenoxy) is 1. The summed E-state index contributed by atoms with van der Waals surface area (Å²) < 4.78 is 18.5. The van der Waals surface area contributed by atoms with Crippen LogP contribution in [0.3, 0.4) is 0 Å². The molecule has 0 saturated heterocycles. The molecule has 1 aromatic rings. The molecular formula is C15H18FNO2. The number of carbonyl (C=O) groups excluding carboxylic acids is 1. The Morgan fingerprint density at radius 2 is 2.21 bits per heavy atom. The summed E-state index contributed by atoms with van der Waals surface area (Å²) in [6.45, 7) is 0. The fourth-order valence-corrected chi connectivity index (χ4v) is 3.50. The van der Waals surface area contributed by atoms with Gasteiger partial charge in [0.15, 0.2) is 0 Å². The number of benzene rings is 1. The van der Waals surface area contributed by atoms with Gasteiger partial charge in [0.05, 0.1) is 18.4 Å². The number of carbonyl (C=O) groups is 1. The molecule has 3 atom stereocenters. The van der Waals surface area contributed by atoms with Gasteiger partial charge in [-0.1, -0.05) is 6.42 Å². The Bertz CT molecular complexity index is 503. The molecule has 102 valence electrons. The monoisotopic (exact) mass is 263 g/mol. The number of rotatable bonds is 3. The number of fused-ring (bicyclic) bond motifs is 2. The molecule has 3 nitrogen and oxygen atoms in total. The topological polar surface area (TPSA) is 38.3 Å². The van der Waals surface area contributed by atoms with Crippen LogP contribution >= 0.6 is 0 Å². The third-order valence-corrected chi connectivity index (χ3v) is 4.47. The van der Waals surface area contributed by atoms with Crippen LogP contribution in [0.5, 0.6) is 0 Å². The molecule has 1 N–H and O–H groups in total. The van der Waals surface area contributed by atoms with Gasteiger partial charge >= 0.3 is 5.97 Å². The van der Waals surface area contributed by atoms with Gasteiger partial charge < -0.3 is 10.1 Å². The average molecular weight is 263 g/mol. The molecule has 0 spiro atoms. The van der Waals surface area contributed by atoms with E-state index in [0.29, 0.717) is 23.2 Å². The second-order valence-electron chi connectivity index (χ2n) is 5.61. The van der Waals surface area contributed by atoms with E-state index in [0.717, 1.165) is 12.3 Å². The number of anilines is 1. The first-order chi connectivity index (χ1) is 9.17. The summed E-state index contributed by atoms with van der Waals surface area (Å²) in [5.41, 5.74) is 0.801. The highest BCUT2D eigenvalue weighted by Crippen LogP contribution is 2.45. The van der Waals surface area contributed by atoms with Gasteiger partial charge in [0.2, 0.25) is 0 Å². The first-order valence-electron chi connectivity index (χ1n) is 6.82. The third-order valence-electron chi connectivity index (χ3n) is 4.47. The van der Waals surface area contributed by atoms with Gasteiger partial charge in [-0.05, 0) is 49.3 Å². The van der Waals surface area contributed by atoms with Crippen molar-refractivity contribution < 1.29 is 13.9 Å². The molecule has 19 heavy (non-hydrogen) atoms. The Morgan fingerprint density at radius 1 is 1.37 bits per heavy atom. The zero-order chi connectivity index (χ0) is 13.4. The highest BCUT2D eigenvalue weighted by molar-refractivity contribution is 5.90. The molecule has 2 aliphatic rings. The number of esters is 1. The Balaban J connectivity index is 1.78. The minimum Gasteiger partial charge on any atom is -0.465 e. The van der Waals surface area contributed by atoms with E-state index in [1.54, 1.807) is 6.07 Å². The summed E-state index contributed by atoms with van der Waals surface area (Å²) in [6, 6.07) is 4.67. The van der Waals surface area contributed by atoms with Crippen molar-refractivity contribution in [1.29, 1.82) is 0 Å². The molecule has 4 heteroatoms. The Labute approximate surface area is 112 Å². The van der Waals surface area contributed by atoms with Crippen LogP contribution in [0, 0.1) is 17.7 Å². The van der Waals surface area contributed by atoms with Crippen LogP contribution in [0.4, 0.5) is 10.1 Å². The first-order valence-corrected chi connectivity index (χ1v) is 6.82. The standard InChI is InChI=1S/C15H18FNO2/c1-19-15(18)11-4-5-12(16)14(8-11)17-13-7-9-2-3-10(13)6-9/h4-5,8-10,13,17H,2-3,6-7H2,1H3.